The van der Waals surface area contributed by atoms with E-state index < -0.39 is 0 Å². The van der Waals surface area contributed by atoms with Crippen molar-refractivity contribution < 1.29 is 9.53 Å². The number of hydrogen-bond acceptors (Lipinski definition) is 4. The van der Waals surface area contributed by atoms with Crippen LogP contribution in [0.4, 0.5) is 0 Å². The second kappa shape index (κ2) is 8.32. The predicted molar refractivity (Wildman–Crippen MR) is 104 cm³/mol. The molecule has 2 unspecified atom stereocenters. The Morgan fingerprint density at radius 1 is 1.20 bits per heavy atom. The van der Waals surface area contributed by atoms with E-state index in [9.17, 15) is 4.79 Å². The van der Waals surface area contributed by atoms with Crippen LogP contribution < -0.4 is 5.32 Å². The largest absolute Gasteiger partial charge is 0.373 e. The molecule has 1 amide bonds. The van der Waals surface area contributed by atoms with Gasteiger partial charge in [-0.25, -0.2) is 0 Å². The highest BCUT2D eigenvalue weighted by Gasteiger charge is 2.21. The number of ether oxygens (including phenoxy) is 1. The molecule has 1 fully saturated rings. The van der Waals surface area contributed by atoms with Gasteiger partial charge in [-0.05, 0) is 43.7 Å². The molecule has 1 saturated heterocycles. The number of morpholine rings is 1. The summed E-state index contributed by atoms with van der Waals surface area (Å²) in [6.45, 7) is 7.50. The molecule has 0 spiro atoms. The lowest BCUT2D eigenvalue weighted by Gasteiger charge is -2.35. The highest BCUT2D eigenvalue weighted by molar-refractivity contribution is 7.17. The molecule has 0 aliphatic carbocycles. The van der Waals surface area contributed by atoms with Crippen molar-refractivity contribution in [3.05, 3.63) is 46.3 Å². The monoisotopic (exact) mass is 378 g/mol. The first-order chi connectivity index (χ1) is 12.0. The Bertz CT molecular complexity index is 706. The molecule has 2 heterocycles. The van der Waals surface area contributed by atoms with Crippen LogP contribution >= 0.6 is 22.9 Å². The van der Waals surface area contributed by atoms with Crippen molar-refractivity contribution in [2.24, 2.45) is 0 Å². The molecule has 134 valence electrons. The number of amides is 1. The number of nitrogens with one attached hydrogen (secondary N) is 1. The lowest BCUT2D eigenvalue weighted by Crippen LogP contribution is -2.47. The Hall–Kier alpha value is -1.40. The van der Waals surface area contributed by atoms with Crippen molar-refractivity contribution in [2.45, 2.75) is 26.1 Å². The van der Waals surface area contributed by atoms with Gasteiger partial charge in [-0.15, -0.1) is 11.3 Å². The summed E-state index contributed by atoms with van der Waals surface area (Å²) < 4.78 is 5.73. The van der Waals surface area contributed by atoms with E-state index in [4.69, 9.17) is 16.3 Å². The van der Waals surface area contributed by atoms with Crippen LogP contribution in [0, 0.1) is 0 Å². The Labute approximate surface area is 157 Å². The van der Waals surface area contributed by atoms with Crippen LogP contribution in [0.3, 0.4) is 0 Å². The fourth-order valence-corrected chi connectivity index (χ4v) is 4.16. The Morgan fingerprint density at radius 2 is 1.88 bits per heavy atom. The van der Waals surface area contributed by atoms with Crippen molar-refractivity contribution in [3.63, 3.8) is 0 Å². The molecular weight excluding hydrogens is 356 g/mol. The Balaban J connectivity index is 1.51. The number of halogens is 1. The van der Waals surface area contributed by atoms with Crippen molar-refractivity contribution in [1.82, 2.24) is 10.2 Å². The average Bonchev–Trinajstić information content (AvgIpc) is 3.04. The Kier molecular flexibility index (Phi) is 6.12. The van der Waals surface area contributed by atoms with Crippen LogP contribution in [0.15, 0.2) is 36.4 Å². The molecule has 0 bridgehead atoms. The number of hydrogen-bond donors (Lipinski definition) is 1. The predicted octanol–water partition coefficient (Wildman–Crippen LogP) is 3.91. The van der Waals surface area contributed by atoms with E-state index in [-0.39, 0.29) is 18.1 Å². The van der Waals surface area contributed by atoms with Gasteiger partial charge in [-0.1, -0.05) is 23.7 Å². The summed E-state index contributed by atoms with van der Waals surface area (Å²) in [6.07, 6.45) is 0.498. The number of thiophene rings is 1. The van der Waals surface area contributed by atoms with Gasteiger partial charge in [0.2, 0.25) is 0 Å². The molecular formula is C19H23ClN2O2S. The zero-order valence-electron chi connectivity index (χ0n) is 14.5. The minimum absolute atomic E-state index is 0.0143. The maximum absolute atomic E-state index is 12.3. The van der Waals surface area contributed by atoms with Crippen LogP contribution in [-0.2, 0) is 4.74 Å². The fourth-order valence-electron chi connectivity index (χ4n) is 3.11. The molecule has 0 saturated carbocycles. The van der Waals surface area contributed by atoms with E-state index in [0.29, 0.717) is 11.6 Å². The van der Waals surface area contributed by atoms with Crippen molar-refractivity contribution in [3.8, 4) is 10.4 Å². The quantitative estimate of drug-likeness (QED) is 0.857. The molecule has 2 aromatic rings. The SMILES string of the molecule is CC1CN(CCNC(=O)c2ccc(-c3ccc(Cl)cc3)s2)CC(C)O1. The first-order valence-corrected chi connectivity index (χ1v) is 9.72. The van der Waals surface area contributed by atoms with Gasteiger partial charge in [0, 0.05) is 36.1 Å². The van der Waals surface area contributed by atoms with Crippen LogP contribution in [-0.4, -0.2) is 49.2 Å². The van der Waals surface area contributed by atoms with E-state index in [1.165, 1.54) is 11.3 Å². The average molecular weight is 379 g/mol. The summed E-state index contributed by atoms with van der Waals surface area (Å²) in [6, 6.07) is 11.5. The molecule has 3 rings (SSSR count). The topological polar surface area (TPSA) is 41.6 Å². The summed E-state index contributed by atoms with van der Waals surface area (Å²) in [5.41, 5.74) is 1.07. The first kappa shape index (κ1) is 18.4. The fraction of sp³-hybridized carbons (Fsp3) is 0.421. The molecule has 0 radical (unpaired) electrons. The second-order valence-electron chi connectivity index (χ2n) is 6.44. The zero-order chi connectivity index (χ0) is 17.8. The molecule has 1 aromatic carbocycles. The van der Waals surface area contributed by atoms with Gasteiger partial charge < -0.3 is 10.1 Å². The highest BCUT2D eigenvalue weighted by Crippen LogP contribution is 2.28. The van der Waals surface area contributed by atoms with Crippen LogP contribution in [0.5, 0.6) is 0 Å². The van der Waals surface area contributed by atoms with E-state index in [0.717, 1.165) is 35.0 Å². The van der Waals surface area contributed by atoms with Crippen LogP contribution in [0.25, 0.3) is 10.4 Å². The molecule has 4 nitrogen and oxygen atoms in total. The molecule has 1 aliphatic rings. The number of rotatable bonds is 5. The molecule has 1 N–H and O–H groups in total. The summed E-state index contributed by atoms with van der Waals surface area (Å²) in [7, 11) is 0. The third kappa shape index (κ3) is 5.05. The third-order valence-electron chi connectivity index (χ3n) is 4.17. The van der Waals surface area contributed by atoms with Gasteiger partial charge in [0.25, 0.3) is 5.91 Å². The lowest BCUT2D eigenvalue weighted by molar-refractivity contribution is -0.0672. The smallest absolute Gasteiger partial charge is 0.261 e. The lowest BCUT2D eigenvalue weighted by atomic mass is 10.2. The van der Waals surface area contributed by atoms with Crippen molar-refractivity contribution in [1.29, 1.82) is 0 Å². The molecule has 1 aromatic heterocycles. The van der Waals surface area contributed by atoms with Gasteiger partial charge in [-0.2, -0.15) is 0 Å². The van der Waals surface area contributed by atoms with Crippen molar-refractivity contribution in [2.75, 3.05) is 26.2 Å². The maximum Gasteiger partial charge on any atom is 0.261 e. The van der Waals surface area contributed by atoms with Gasteiger partial charge in [0.1, 0.15) is 0 Å². The van der Waals surface area contributed by atoms with E-state index >= 15 is 0 Å². The summed E-state index contributed by atoms with van der Waals surface area (Å²) in [4.78, 5) is 16.5. The van der Waals surface area contributed by atoms with Crippen LogP contribution in [0.2, 0.25) is 5.02 Å². The third-order valence-corrected chi connectivity index (χ3v) is 5.55. The number of carbonyl (C=O) groups is 1. The molecule has 1 aliphatic heterocycles. The maximum atomic E-state index is 12.3. The van der Waals surface area contributed by atoms with E-state index in [2.05, 4.69) is 24.1 Å². The first-order valence-electron chi connectivity index (χ1n) is 8.53. The normalized spacial score (nSPS) is 21.2. The summed E-state index contributed by atoms with van der Waals surface area (Å²) in [5.74, 6) is -0.0143. The number of benzene rings is 1. The summed E-state index contributed by atoms with van der Waals surface area (Å²) in [5, 5.41) is 3.73. The second-order valence-corrected chi connectivity index (χ2v) is 7.96. The number of nitrogens with zero attached hydrogens (tertiary/aromatic N) is 1. The molecule has 6 heteroatoms. The van der Waals surface area contributed by atoms with Crippen LogP contribution in [0.1, 0.15) is 23.5 Å². The molecule has 25 heavy (non-hydrogen) atoms. The highest BCUT2D eigenvalue weighted by atomic mass is 35.5. The van der Waals surface area contributed by atoms with Crippen molar-refractivity contribution >= 4 is 28.8 Å². The molecule has 2 atom stereocenters. The van der Waals surface area contributed by atoms with E-state index in [1.807, 2.05) is 36.4 Å². The van der Waals surface area contributed by atoms with Gasteiger partial charge in [-0.3, -0.25) is 9.69 Å². The number of carbonyl (C=O) groups excluding carboxylic acids is 1. The van der Waals surface area contributed by atoms with Gasteiger partial charge in [0.05, 0.1) is 17.1 Å². The van der Waals surface area contributed by atoms with Gasteiger partial charge in [0.15, 0.2) is 0 Å². The van der Waals surface area contributed by atoms with Gasteiger partial charge >= 0.3 is 0 Å². The van der Waals surface area contributed by atoms with E-state index in [1.54, 1.807) is 0 Å². The Morgan fingerprint density at radius 3 is 2.56 bits per heavy atom. The minimum atomic E-state index is -0.0143. The zero-order valence-corrected chi connectivity index (χ0v) is 16.1. The minimum Gasteiger partial charge on any atom is -0.373 e. The standard InChI is InChI=1S/C19H23ClN2O2S/c1-13-11-22(12-14(2)24-13)10-9-21-19(23)18-8-7-17(25-18)15-3-5-16(20)6-4-15/h3-8,13-14H,9-12H2,1-2H3,(H,21,23). The summed E-state index contributed by atoms with van der Waals surface area (Å²) >= 11 is 7.42.